The summed E-state index contributed by atoms with van der Waals surface area (Å²) in [6.07, 6.45) is 4.25. The Labute approximate surface area is 251 Å². The third-order valence-corrected chi connectivity index (χ3v) is 9.54. The number of para-hydroxylation sites is 1. The molecule has 1 aromatic heterocycles. The zero-order valence-corrected chi connectivity index (χ0v) is 24.5. The van der Waals surface area contributed by atoms with Crippen LogP contribution in [0, 0.1) is 0 Å². The lowest BCUT2D eigenvalue weighted by Gasteiger charge is -2.38. The summed E-state index contributed by atoms with van der Waals surface area (Å²) in [5, 5.41) is 4.15. The molecule has 2 aliphatic carbocycles. The highest BCUT2D eigenvalue weighted by molar-refractivity contribution is 7.89. The molecule has 3 aliphatic rings. The normalized spacial score (nSPS) is 21.5. The van der Waals surface area contributed by atoms with Gasteiger partial charge in [-0.2, -0.15) is 13.2 Å². The van der Waals surface area contributed by atoms with Crippen LogP contribution in [0.25, 0.3) is 10.9 Å². The lowest BCUT2D eigenvalue weighted by molar-refractivity contribution is -0.128. The van der Waals surface area contributed by atoms with Gasteiger partial charge in [-0.25, -0.2) is 13.1 Å². The quantitative estimate of drug-likeness (QED) is 0.476. The number of nitrogens with one attached hydrogen (secondary N) is 2. The van der Waals surface area contributed by atoms with Gasteiger partial charge in [-0.05, 0) is 36.8 Å². The van der Waals surface area contributed by atoms with Crippen LogP contribution in [0.3, 0.4) is 0 Å². The van der Waals surface area contributed by atoms with Crippen LogP contribution in [0.2, 0.25) is 0 Å². The Kier molecular flexibility index (Phi) is 8.74. The first kappa shape index (κ1) is 30.2. The molecule has 2 heterocycles. The molecule has 8 nitrogen and oxygen atoms in total. The minimum Gasteiger partial charge on any atom is -0.355 e. The van der Waals surface area contributed by atoms with E-state index in [-0.39, 0.29) is 27.4 Å². The molecule has 0 radical (unpaired) electrons. The Balaban J connectivity index is 1.13. The number of hydrogen-bond donors (Lipinski definition) is 2. The van der Waals surface area contributed by atoms with Crippen LogP contribution >= 0.6 is 23.8 Å². The van der Waals surface area contributed by atoms with Crippen LogP contribution in [0.1, 0.15) is 12.8 Å². The topological polar surface area (TPSA) is 94.6 Å². The van der Waals surface area contributed by atoms with Gasteiger partial charge in [-0.3, -0.25) is 9.78 Å². The number of aromatic nitrogens is 1. The summed E-state index contributed by atoms with van der Waals surface area (Å²) in [6, 6.07) is 7.19. The van der Waals surface area contributed by atoms with E-state index in [1.54, 1.807) is 58.5 Å². The van der Waals surface area contributed by atoms with Gasteiger partial charge in [0, 0.05) is 66.4 Å². The number of thiocarbonyl (C=S) groups is 1. The summed E-state index contributed by atoms with van der Waals surface area (Å²) in [5.74, 6) is -0.192. The Hall–Kier alpha value is -3.26. The number of nitrogens with zero attached hydrogens (tertiary/aromatic N) is 3. The van der Waals surface area contributed by atoms with E-state index in [9.17, 15) is 26.4 Å². The van der Waals surface area contributed by atoms with Crippen molar-refractivity contribution < 1.29 is 26.4 Å². The molecule has 2 N–H and O–H groups in total. The molecule has 2 aromatic rings. The molecule has 1 amide bonds. The van der Waals surface area contributed by atoms with E-state index in [2.05, 4.69) is 15.0 Å². The minimum atomic E-state index is -4.44. The molecule has 0 saturated carbocycles. The highest BCUT2D eigenvalue weighted by Crippen LogP contribution is 2.34. The molecule has 1 fully saturated rings. The zero-order valence-electron chi connectivity index (χ0n) is 22.1. The van der Waals surface area contributed by atoms with Gasteiger partial charge >= 0.3 is 6.18 Å². The third kappa shape index (κ3) is 6.69. The number of hydrogen-bond acceptors (Lipinski definition) is 5. The smallest absolute Gasteiger partial charge is 0.355 e. The van der Waals surface area contributed by atoms with Crippen LogP contribution in [0.15, 0.2) is 88.0 Å². The Morgan fingerprint density at radius 1 is 1.07 bits per heavy atom. The molecular formula is C28H27ClF3N5O3S2. The zero-order chi connectivity index (χ0) is 30.1. The highest BCUT2D eigenvalue weighted by atomic mass is 35.5. The fraction of sp³-hybridized carbons (Fsp3) is 0.321. The number of piperazine rings is 1. The van der Waals surface area contributed by atoms with Crippen molar-refractivity contribution >= 4 is 55.8 Å². The Morgan fingerprint density at radius 2 is 1.79 bits per heavy atom. The van der Waals surface area contributed by atoms with Crippen molar-refractivity contribution in [2.45, 2.75) is 36.0 Å². The van der Waals surface area contributed by atoms with Gasteiger partial charge in [0.2, 0.25) is 10.0 Å². The van der Waals surface area contributed by atoms with Crippen LogP contribution in [0.5, 0.6) is 0 Å². The van der Waals surface area contributed by atoms with Crippen LogP contribution in [-0.4, -0.2) is 78.7 Å². The summed E-state index contributed by atoms with van der Waals surface area (Å²) >= 11 is 11.6. The number of sulfonamides is 1. The molecule has 0 bridgehead atoms. The van der Waals surface area contributed by atoms with E-state index < -0.39 is 33.9 Å². The molecule has 2 atom stereocenters. The van der Waals surface area contributed by atoms with Crippen molar-refractivity contribution in [1.29, 1.82) is 0 Å². The van der Waals surface area contributed by atoms with E-state index in [0.717, 1.165) is 6.08 Å². The molecule has 2 unspecified atom stereocenters. The fourth-order valence-electron chi connectivity index (χ4n) is 4.97. The molecule has 222 valence electrons. The number of fused-ring (bicyclic) bond motifs is 1. The second-order valence-corrected chi connectivity index (χ2v) is 12.5. The van der Waals surface area contributed by atoms with Crippen molar-refractivity contribution in [2.75, 3.05) is 26.2 Å². The van der Waals surface area contributed by atoms with E-state index in [0.29, 0.717) is 49.1 Å². The van der Waals surface area contributed by atoms with Gasteiger partial charge in [0.1, 0.15) is 4.90 Å². The van der Waals surface area contributed by atoms with Crippen molar-refractivity contribution in [2.24, 2.45) is 0 Å². The summed E-state index contributed by atoms with van der Waals surface area (Å²) in [7, 11) is -3.87. The van der Waals surface area contributed by atoms with Gasteiger partial charge < -0.3 is 15.1 Å². The standard InChI is InChI=1S/C28H27ClF3N5O3S2/c29-22-11-8-20(28(30,31)32)17-23(22)34-27(41)37-15-13-36(14-16-37)26(38)19-6-9-21(10-7-19)35-42(39,40)24-5-1-3-18-4-2-12-33-25(18)24/h1-9,11-12,21,23,35H,10,13-17H2,(H,34,41). The monoisotopic (exact) mass is 637 g/mol. The summed E-state index contributed by atoms with van der Waals surface area (Å²) in [4.78, 5) is 20.9. The molecule has 1 saturated heterocycles. The first-order valence-corrected chi connectivity index (χ1v) is 15.4. The number of rotatable bonds is 5. The van der Waals surface area contributed by atoms with Crippen molar-refractivity contribution in [3.63, 3.8) is 0 Å². The highest BCUT2D eigenvalue weighted by Gasteiger charge is 2.37. The van der Waals surface area contributed by atoms with Crippen molar-refractivity contribution in [1.82, 2.24) is 24.8 Å². The Morgan fingerprint density at radius 3 is 2.48 bits per heavy atom. The molecule has 0 spiro atoms. The molecule has 1 aromatic carbocycles. The maximum atomic E-state index is 13.1. The largest absolute Gasteiger partial charge is 0.412 e. The average Bonchev–Trinajstić information content (AvgIpc) is 2.97. The third-order valence-electron chi connectivity index (χ3n) is 7.26. The maximum absolute atomic E-state index is 13.1. The minimum absolute atomic E-state index is 0.0872. The van der Waals surface area contributed by atoms with E-state index >= 15 is 0 Å². The molecule has 14 heteroatoms. The van der Waals surface area contributed by atoms with Crippen LogP contribution < -0.4 is 10.0 Å². The lowest BCUT2D eigenvalue weighted by atomic mass is 10.00. The average molecular weight is 638 g/mol. The SMILES string of the molecule is O=C(C1=CCC(NS(=O)(=O)c2cccc3cccnc23)C=C1)N1CCN(C(=S)NC2CC(C(F)(F)F)=CC=C2Cl)CC1. The first-order valence-electron chi connectivity index (χ1n) is 13.1. The molecule has 5 rings (SSSR count). The van der Waals surface area contributed by atoms with Gasteiger partial charge in [0.15, 0.2) is 5.11 Å². The second-order valence-electron chi connectivity index (χ2n) is 10.0. The molecule has 42 heavy (non-hydrogen) atoms. The predicted molar refractivity (Wildman–Crippen MR) is 158 cm³/mol. The number of benzene rings is 1. The van der Waals surface area contributed by atoms with Gasteiger partial charge in [0.05, 0.1) is 11.6 Å². The van der Waals surface area contributed by atoms with Crippen LogP contribution in [-0.2, 0) is 14.8 Å². The molecule has 1 aliphatic heterocycles. The fourth-order valence-corrected chi connectivity index (χ4v) is 6.87. The van der Waals surface area contributed by atoms with Crippen molar-refractivity contribution in [3.8, 4) is 0 Å². The number of carbonyl (C=O) groups is 1. The van der Waals surface area contributed by atoms with Crippen molar-refractivity contribution in [3.05, 3.63) is 83.1 Å². The number of allylic oxidation sites excluding steroid dienone is 2. The maximum Gasteiger partial charge on any atom is 0.412 e. The van der Waals surface area contributed by atoms with Crippen LogP contribution in [0.4, 0.5) is 13.2 Å². The second kappa shape index (κ2) is 12.2. The number of amides is 1. The van der Waals surface area contributed by atoms with Gasteiger partial charge in [0.25, 0.3) is 5.91 Å². The van der Waals surface area contributed by atoms with Gasteiger partial charge in [-0.1, -0.05) is 54.1 Å². The number of carbonyl (C=O) groups excluding carboxylic acids is 1. The predicted octanol–water partition coefficient (Wildman–Crippen LogP) is 4.17. The van der Waals surface area contributed by atoms with E-state index in [4.69, 9.17) is 23.8 Å². The van der Waals surface area contributed by atoms with Gasteiger partial charge in [-0.15, -0.1) is 0 Å². The number of halogens is 4. The lowest BCUT2D eigenvalue weighted by Crippen LogP contribution is -2.55. The first-order chi connectivity index (χ1) is 19.9. The summed E-state index contributed by atoms with van der Waals surface area (Å²) in [6.45, 7) is 1.51. The number of pyridine rings is 1. The Bertz CT molecular complexity index is 1630. The summed E-state index contributed by atoms with van der Waals surface area (Å²) < 4.78 is 68.3. The summed E-state index contributed by atoms with van der Waals surface area (Å²) in [5.41, 5.74) is 0.155. The molecular weight excluding hydrogens is 611 g/mol. The number of alkyl halides is 3. The van der Waals surface area contributed by atoms with E-state index in [1.165, 1.54) is 12.1 Å². The van der Waals surface area contributed by atoms with E-state index in [1.807, 2.05) is 0 Å².